The van der Waals surface area contributed by atoms with Crippen molar-refractivity contribution in [3.05, 3.63) is 71.3 Å². The summed E-state index contributed by atoms with van der Waals surface area (Å²) < 4.78 is 22.5. The third kappa shape index (κ3) is 6.31. The largest absolute Gasteiger partial charge is 0.494 e. The van der Waals surface area contributed by atoms with Gasteiger partial charge in [0.15, 0.2) is 0 Å². The molecule has 2 heterocycles. The second kappa shape index (κ2) is 11.4. The molecular formula is C28H34O6. The van der Waals surface area contributed by atoms with Crippen LogP contribution in [0.4, 0.5) is 0 Å². The average Bonchev–Trinajstić information content (AvgIpc) is 2.79. The molecule has 0 saturated carbocycles. The van der Waals surface area contributed by atoms with Gasteiger partial charge in [0.2, 0.25) is 0 Å². The zero-order valence-electron chi connectivity index (χ0n) is 20.0. The Balaban J connectivity index is 1.03. The van der Waals surface area contributed by atoms with E-state index in [4.69, 9.17) is 18.9 Å². The average molecular weight is 467 g/mol. The summed E-state index contributed by atoms with van der Waals surface area (Å²) >= 11 is 0. The van der Waals surface area contributed by atoms with Crippen LogP contribution in [0.1, 0.15) is 52.4 Å². The summed E-state index contributed by atoms with van der Waals surface area (Å²) in [5, 5.41) is 0. The highest BCUT2D eigenvalue weighted by Gasteiger charge is 2.31. The van der Waals surface area contributed by atoms with Crippen LogP contribution in [0.25, 0.3) is 0 Å². The van der Waals surface area contributed by atoms with Gasteiger partial charge in [0.25, 0.3) is 0 Å². The minimum atomic E-state index is -0.280. The Morgan fingerprint density at radius 1 is 0.676 bits per heavy atom. The van der Waals surface area contributed by atoms with Crippen LogP contribution in [0.5, 0.6) is 0 Å². The highest BCUT2D eigenvalue weighted by molar-refractivity contribution is 5.85. The summed E-state index contributed by atoms with van der Waals surface area (Å²) in [7, 11) is 0. The molecule has 0 aromatic carbocycles. The molecule has 0 aromatic heterocycles. The number of hydrogen-bond acceptors (Lipinski definition) is 6. The Bertz CT molecular complexity index is 885. The normalized spacial score (nSPS) is 27.4. The lowest BCUT2D eigenvalue weighted by molar-refractivity contribution is -0.144. The fraction of sp³-hybridized carbons (Fsp3) is 0.500. The summed E-state index contributed by atoms with van der Waals surface area (Å²) in [5.41, 5.74) is 2.06. The monoisotopic (exact) mass is 466 g/mol. The van der Waals surface area contributed by atoms with Gasteiger partial charge in [-0.1, -0.05) is 49.0 Å². The van der Waals surface area contributed by atoms with Crippen molar-refractivity contribution < 1.29 is 28.5 Å². The summed E-state index contributed by atoms with van der Waals surface area (Å²) in [6, 6.07) is 0. The number of carbonyl (C=O) groups is 2. The van der Waals surface area contributed by atoms with Gasteiger partial charge in [0.1, 0.15) is 23.7 Å². The zero-order valence-corrected chi connectivity index (χ0v) is 20.0. The highest BCUT2D eigenvalue weighted by atomic mass is 16.6. The van der Waals surface area contributed by atoms with E-state index in [2.05, 4.69) is 12.2 Å². The van der Waals surface area contributed by atoms with Crippen molar-refractivity contribution >= 4 is 11.9 Å². The van der Waals surface area contributed by atoms with Gasteiger partial charge in [-0.05, 0) is 51.0 Å². The van der Waals surface area contributed by atoms with Crippen LogP contribution in [-0.2, 0) is 28.5 Å². The third-order valence-electron chi connectivity index (χ3n) is 6.62. The molecule has 0 N–H and O–H groups in total. The lowest BCUT2D eigenvalue weighted by Crippen LogP contribution is -2.31. The minimum absolute atomic E-state index is 0.127. The molecule has 6 nitrogen and oxygen atoms in total. The van der Waals surface area contributed by atoms with Crippen molar-refractivity contribution in [2.24, 2.45) is 11.8 Å². The van der Waals surface area contributed by atoms with E-state index < -0.39 is 0 Å². The number of fused-ring (bicyclic) bond motifs is 2. The summed E-state index contributed by atoms with van der Waals surface area (Å²) in [4.78, 5) is 23.2. The maximum Gasteiger partial charge on any atom is 0.331 e. The van der Waals surface area contributed by atoms with E-state index >= 15 is 0 Å². The maximum absolute atomic E-state index is 11.6. The molecule has 4 aliphatic rings. The third-order valence-corrected chi connectivity index (χ3v) is 6.62. The van der Waals surface area contributed by atoms with Gasteiger partial charge in [0.05, 0.1) is 13.2 Å². The molecule has 0 saturated heterocycles. The molecule has 0 unspecified atom stereocenters. The number of unbranched alkanes of at least 4 members (excludes halogenated alkanes) is 5. The number of ether oxygens (including phenoxy) is 4. The lowest BCUT2D eigenvalue weighted by Gasteiger charge is -2.29. The standard InChI is InChI=1S/C28H34O6/c1-19-15-27(29)33-25-17-21(9-11-23(19)25)31-13-7-5-3-4-6-8-14-32-22-10-12-24-20(2)16-28(30)34-26(24)18-22/h9-12,15-18,23-26H,3-8,13-14H2,1-2H3/t23-,24-,25-,26+/m0/s1. The van der Waals surface area contributed by atoms with Crippen LogP contribution in [0, 0.1) is 11.8 Å². The lowest BCUT2D eigenvalue weighted by atomic mass is 9.88. The Morgan fingerprint density at radius 2 is 1.09 bits per heavy atom. The molecule has 0 bridgehead atoms. The zero-order chi connectivity index (χ0) is 23.9. The number of rotatable bonds is 11. The van der Waals surface area contributed by atoms with Gasteiger partial charge in [-0.3, -0.25) is 0 Å². The summed E-state index contributed by atoms with van der Waals surface area (Å²) in [6.07, 6.45) is 21.1. The fourth-order valence-corrected chi connectivity index (χ4v) is 4.68. The molecule has 0 radical (unpaired) electrons. The molecular weight excluding hydrogens is 432 g/mol. The van der Waals surface area contributed by atoms with Crippen LogP contribution in [-0.4, -0.2) is 37.4 Å². The SMILES string of the molecule is CC1=CC(=O)O[C@H]2C=C(OCCCCCCCCOC3=C[C@H]4OC(=O)C=C(C)[C@@H]4C=C3)C=C[C@@H]12. The van der Waals surface area contributed by atoms with Gasteiger partial charge in [-0.2, -0.15) is 0 Å². The molecule has 6 heteroatoms. The Hall–Kier alpha value is -3.02. The molecule has 2 aliphatic carbocycles. The molecule has 4 atom stereocenters. The first-order valence-corrected chi connectivity index (χ1v) is 12.3. The fourth-order valence-electron chi connectivity index (χ4n) is 4.68. The number of esters is 2. The minimum Gasteiger partial charge on any atom is -0.494 e. The molecule has 34 heavy (non-hydrogen) atoms. The number of allylic oxidation sites excluding steroid dienone is 2. The maximum atomic E-state index is 11.6. The predicted octanol–water partition coefficient (Wildman–Crippen LogP) is 5.24. The van der Waals surface area contributed by atoms with Gasteiger partial charge < -0.3 is 18.9 Å². The van der Waals surface area contributed by atoms with E-state index in [0.717, 1.165) is 48.3 Å². The van der Waals surface area contributed by atoms with Gasteiger partial charge in [-0.25, -0.2) is 9.59 Å². The van der Waals surface area contributed by atoms with E-state index in [1.54, 1.807) is 12.2 Å². The van der Waals surface area contributed by atoms with Gasteiger partial charge in [0, 0.05) is 24.0 Å². The van der Waals surface area contributed by atoms with Crippen LogP contribution in [0.3, 0.4) is 0 Å². The van der Waals surface area contributed by atoms with E-state index in [1.807, 2.05) is 38.2 Å². The highest BCUT2D eigenvalue weighted by Crippen LogP contribution is 2.31. The topological polar surface area (TPSA) is 71.1 Å². The first kappa shape index (κ1) is 24.1. The van der Waals surface area contributed by atoms with Crippen molar-refractivity contribution in [2.45, 2.75) is 64.6 Å². The van der Waals surface area contributed by atoms with Crippen LogP contribution >= 0.6 is 0 Å². The molecule has 0 aromatic rings. The number of hydrogen-bond donors (Lipinski definition) is 0. The number of carbonyl (C=O) groups excluding carboxylic acids is 2. The first-order valence-electron chi connectivity index (χ1n) is 12.3. The smallest absolute Gasteiger partial charge is 0.331 e. The van der Waals surface area contributed by atoms with Gasteiger partial charge >= 0.3 is 11.9 Å². The second-order valence-corrected chi connectivity index (χ2v) is 9.31. The Labute approximate surface area is 201 Å². The summed E-state index contributed by atoms with van der Waals surface area (Å²) in [5.74, 6) is 1.26. The van der Waals surface area contributed by atoms with Crippen molar-refractivity contribution in [3.8, 4) is 0 Å². The van der Waals surface area contributed by atoms with E-state index in [-0.39, 0.29) is 36.0 Å². The first-order chi connectivity index (χ1) is 16.5. The Morgan fingerprint density at radius 3 is 1.53 bits per heavy atom. The van der Waals surface area contributed by atoms with Crippen LogP contribution < -0.4 is 0 Å². The van der Waals surface area contributed by atoms with Gasteiger partial charge in [-0.15, -0.1) is 0 Å². The molecule has 0 fully saturated rings. The summed E-state index contributed by atoms with van der Waals surface area (Å²) in [6.45, 7) is 5.25. The second-order valence-electron chi connectivity index (χ2n) is 9.31. The van der Waals surface area contributed by atoms with Crippen molar-refractivity contribution in [1.82, 2.24) is 0 Å². The van der Waals surface area contributed by atoms with Crippen LogP contribution in [0.2, 0.25) is 0 Å². The molecule has 0 amide bonds. The molecule has 2 aliphatic heterocycles. The van der Waals surface area contributed by atoms with Crippen molar-refractivity contribution in [2.75, 3.05) is 13.2 Å². The van der Waals surface area contributed by atoms with E-state index in [1.165, 1.54) is 12.8 Å². The molecule has 0 spiro atoms. The Kier molecular flexibility index (Phi) is 8.09. The van der Waals surface area contributed by atoms with Crippen molar-refractivity contribution in [3.63, 3.8) is 0 Å². The van der Waals surface area contributed by atoms with E-state index in [9.17, 15) is 9.59 Å². The predicted molar refractivity (Wildman–Crippen MR) is 128 cm³/mol. The van der Waals surface area contributed by atoms with Crippen LogP contribution in [0.15, 0.2) is 71.3 Å². The quantitative estimate of drug-likeness (QED) is 0.306. The van der Waals surface area contributed by atoms with E-state index in [0.29, 0.717) is 13.2 Å². The molecule has 4 rings (SSSR count). The molecule has 182 valence electrons. The van der Waals surface area contributed by atoms with Crippen molar-refractivity contribution in [1.29, 1.82) is 0 Å².